The van der Waals surface area contributed by atoms with Gasteiger partial charge in [0.1, 0.15) is 5.75 Å². The Morgan fingerprint density at radius 1 is 1.06 bits per heavy atom. The van der Waals surface area contributed by atoms with Gasteiger partial charge in [0.25, 0.3) is 5.91 Å². The van der Waals surface area contributed by atoms with Crippen molar-refractivity contribution in [3.8, 4) is 11.4 Å². The zero-order valence-electron chi connectivity index (χ0n) is 20.4. The summed E-state index contributed by atoms with van der Waals surface area (Å²) in [6.45, 7) is 1.57. The lowest BCUT2D eigenvalue weighted by atomic mass is 9.48. The molecule has 0 radical (unpaired) electrons. The number of phenolic OH excluding ortho intramolecular Hbond substituents is 1. The normalized spacial score (nSPS) is 26.8. The fourth-order valence-corrected chi connectivity index (χ4v) is 8.12. The van der Waals surface area contributed by atoms with Crippen LogP contribution in [0.2, 0.25) is 0 Å². The van der Waals surface area contributed by atoms with E-state index in [1.54, 1.807) is 17.8 Å². The van der Waals surface area contributed by atoms with Gasteiger partial charge in [-0.05, 0) is 86.6 Å². The van der Waals surface area contributed by atoms with Crippen molar-refractivity contribution in [1.82, 2.24) is 9.78 Å². The van der Waals surface area contributed by atoms with E-state index in [-0.39, 0.29) is 33.4 Å². The summed E-state index contributed by atoms with van der Waals surface area (Å²) in [5, 5.41) is 18.2. The number of anilines is 1. The van der Waals surface area contributed by atoms with Crippen LogP contribution in [0.3, 0.4) is 0 Å². The molecule has 0 spiro atoms. The quantitative estimate of drug-likeness (QED) is 0.455. The molecular weight excluding hydrogens is 474 g/mol. The van der Waals surface area contributed by atoms with Gasteiger partial charge in [-0.2, -0.15) is 5.10 Å². The lowest BCUT2D eigenvalue weighted by molar-refractivity contribution is -0.00765. The summed E-state index contributed by atoms with van der Waals surface area (Å²) < 4.78 is 26.6. The molecule has 4 fully saturated rings. The number of phenols is 1. The Kier molecular flexibility index (Phi) is 5.48. The van der Waals surface area contributed by atoms with Crippen molar-refractivity contribution in [3.05, 3.63) is 66.0 Å². The first kappa shape index (κ1) is 23.3. The third-order valence-corrected chi connectivity index (χ3v) is 10.2. The molecule has 4 bridgehead atoms. The van der Waals surface area contributed by atoms with Crippen LogP contribution in [0.25, 0.3) is 5.69 Å². The molecule has 0 atom stereocenters. The van der Waals surface area contributed by atoms with E-state index < -0.39 is 9.84 Å². The Balaban J connectivity index is 1.41. The van der Waals surface area contributed by atoms with Gasteiger partial charge in [-0.3, -0.25) is 4.79 Å². The summed E-state index contributed by atoms with van der Waals surface area (Å²) in [6, 6.07) is 13.8. The van der Waals surface area contributed by atoms with Gasteiger partial charge in [-0.1, -0.05) is 25.1 Å². The van der Waals surface area contributed by atoms with E-state index in [0.29, 0.717) is 23.3 Å². The molecule has 188 valence electrons. The van der Waals surface area contributed by atoms with Crippen molar-refractivity contribution in [1.29, 1.82) is 0 Å². The van der Waals surface area contributed by atoms with E-state index in [2.05, 4.69) is 5.32 Å². The number of para-hydroxylation sites is 1. The topological polar surface area (TPSA) is 101 Å². The lowest BCUT2D eigenvalue weighted by Crippen LogP contribution is -2.49. The number of carbonyl (C=O) groups is 1. The van der Waals surface area contributed by atoms with Crippen LogP contribution in [0, 0.1) is 17.8 Å². The van der Waals surface area contributed by atoms with E-state index in [1.165, 1.54) is 37.5 Å². The molecule has 2 aromatic carbocycles. The highest BCUT2D eigenvalue weighted by Crippen LogP contribution is 2.61. The molecule has 4 saturated carbocycles. The molecule has 4 aliphatic rings. The fourth-order valence-electron chi connectivity index (χ4n) is 7.21. The van der Waals surface area contributed by atoms with Gasteiger partial charge in [-0.15, -0.1) is 0 Å². The van der Waals surface area contributed by atoms with Crippen molar-refractivity contribution in [2.75, 3.05) is 11.1 Å². The van der Waals surface area contributed by atoms with Gasteiger partial charge < -0.3 is 10.4 Å². The Morgan fingerprint density at radius 3 is 2.31 bits per heavy atom. The Morgan fingerprint density at radius 2 is 1.69 bits per heavy atom. The molecule has 7 rings (SSSR count). The molecule has 4 aliphatic carbocycles. The number of hydrogen-bond donors (Lipinski definition) is 2. The third kappa shape index (κ3) is 3.92. The average molecular weight is 506 g/mol. The molecule has 1 heterocycles. The molecule has 7 nitrogen and oxygen atoms in total. The van der Waals surface area contributed by atoms with Gasteiger partial charge in [0.05, 0.1) is 33.3 Å². The number of amides is 1. The van der Waals surface area contributed by atoms with Crippen molar-refractivity contribution < 1.29 is 18.3 Å². The first-order valence-corrected chi connectivity index (χ1v) is 14.4. The summed E-state index contributed by atoms with van der Waals surface area (Å²) in [4.78, 5) is 13.8. The first-order chi connectivity index (χ1) is 17.3. The van der Waals surface area contributed by atoms with Crippen molar-refractivity contribution >= 4 is 21.4 Å². The number of rotatable bonds is 6. The largest absolute Gasteiger partial charge is 0.506 e. The number of sulfone groups is 1. The number of nitrogens with one attached hydrogen (secondary N) is 1. The minimum atomic E-state index is -3.49. The smallest absolute Gasteiger partial charge is 0.259 e. The predicted molar refractivity (Wildman–Crippen MR) is 137 cm³/mol. The van der Waals surface area contributed by atoms with Crippen LogP contribution in [-0.4, -0.2) is 35.0 Å². The Bertz CT molecular complexity index is 1390. The molecule has 0 unspecified atom stereocenters. The highest BCUT2D eigenvalue weighted by Gasteiger charge is 2.54. The Hall–Kier alpha value is -3.13. The SMILES string of the molecule is CCS(=O)(=O)c1ccc(O)c(NC(=O)c2cn(-c3ccccc3)nc2C23CC4CC(CC(C4)C2)C3)c1. The molecule has 36 heavy (non-hydrogen) atoms. The molecule has 1 amide bonds. The number of nitrogens with zero attached hydrogens (tertiary/aromatic N) is 2. The number of aromatic hydroxyl groups is 1. The van der Waals surface area contributed by atoms with Gasteiger partial charge in [0, 0.05) is 11.6 Å². The van der Waals surface area contributed by atoms with E-state index >= 15 is 0 Å². The average Bonchev–Trinajstić information content (AvgIpc) is 3.32. The first-order valence-electron chi connectivity index (χ1n) is 12.8. The molecule has 3 aromatic rings. The van der Waals surface area contributed by atoms with Crippen LogP contribution in [0.15, 0.2) is 59.6 Å². The van der Waals surface area contributed by atoms with Crippen molar-refractivity contribution in [2.45, 2.75) is 55.8 Å². The van der Waals surface area contributed by atoms with E-state index in [0.717, 1.165) is 30.6 Å². The van der Waals surface area contributed by atoms with Crippen LogP contribution in [0.4, 0.5) is 5.69 Å². The van der Waals surface area contributed by atoms with Gasteiger partial charge >= 0.3 is 0 Å². The number of hydrogen-bond acceptors (Lipinski definition) is 5. The highest BCUT2D eigenvalue weighted by atomic mass is 32.2. The predicted octanol–water partition coefficient (Wildman–Crippen LogP) is 5.09. The van der Waals surface area contributed by atoms with Gasteiger partial charge in [-0.25, -0.2) is 13.1 Å². The second-order valence-electron chi connectivity index (χ2n) is 10.9. The van der Waals surface area contributed by atoms with Crippen LogP contribution in [-0.2, 0) is 15.3 Å². The molecule has 0 aliphatic heterocycles. The maximum atomic E-state index is 13.7. The van der Waals surface area contributed by atoms with Gasteiger partial charge in [0.2, 0.25) is 0 Å². The van der Waals surface area contributed by atoms with E-state index in [4.69, 9.17) is 5.10 Å². The van der Waals surface area contributed by atoms with Crippen LogP contribution in [0.1, 0.15) is 61.5 Å². The van der Waals surface area contributed by atoms with Crippen LogP contribution in [0.5, 0.6) is 5.75 Å². The van der Waals surface area contributed by atoms with Crippen molar-refractivity contribution in [3.63, 3.8) is 0 Å². The molecule has 2 N–H and O–H groups in total. The van der Waals surface area contributed by atoms with Gasteiger partial charge in [0.15, 0.2) is 9.84 Å². The highest BCUT2D eigenvalue weighted by molar-refractivity contribution is 7.91. The third-order valence-electron chi connectivity index (χ3n) is 8.48. The monoisotopic (exact) mass is 505 g/mol. The summed E-state index contributed by atoms with van der Waals surface area (Å²) in [7, 11) is -3.49. The zero-order chi connectivity index (χ0) is 25.1. The fraction of sp³-hybridized carbons (Fsp3) is 0.429. The van der Waals surface area contributed by atoms with E-state index in [9.17, 15) is 18.3 Å². The second kappa shape index (κ2) is 8.47. The summed E-state index contributed by atoms with van der Waals surface area (Å²) in [5.41, 5.74) is 2.17. The maximum Gasteiger partial charge on any atom is 0.259 e. The van der Waals surface area contributed by atoms with Crippen LogP contribution < -0.4 is 5.32 Å². The van der Waals surface area contributed by atoms with E-state index in [1.807, 2.05) is 30.3 Å². The molecule has 8 heteroatoms. The number of aromatic nitrogens is 2. The number of benzene rings is 2. The molecular formula is C28H31N3O4S. The lowest BCUT2D eigenvalue weighted by Gasteiger charge is -2.56. The zero-order valence-corrected chi connectivity index (χ0v) is 21.2. The minimum absolute atomic E-state index is 0.0643. The molecule has 1 aromatic heterocycles. The Labute approximate surface area is 211 Å². The van der Waals surface area contributed by atoms with Crippen molar-refractivity contribution in [2.24, 2.45) is 17.8 Å². The standard InChI is InChI=1S/C28H31N3O4S/c1-2-36(34,35)22-8-9-25(32)24(13-22)29-27(33)23-17-31(21-6-4-3-5-7-21)30-26(23)28-14-18-10-19(15-28)12-20(11-18)16-28/h3-9,13,17-20,32H,2,10-12,14-16H2,1H3,(H,29,33). The summed E-state index contributed by atoms with van der Waals surface area (Å²) >= 11 is 0. The maximum absolute atomic E-state index is 13.7. The minimum Gasteiger partial charge on any atom is -0.506 e. The summed E-state index contributed by atoms with van der Waals surface area (Å²) in [6.07, 6.45) is 8.80. The second-order valence-corrected chi connectivity index (χ2v) is 13.2. The molecule has 0 saturated heterocycles. The van der Waals surface area contributed by atoms with Crippen LogP contribution >= 0.6 is 0 Å². The summed E-state index contributed by atoms with van der Waals surface area (Å²) in [5.74, 6) is 1.44. The number of carbonyl (C=O) groups excluding carboxylic acids is 1.